The van der Waals surface area contributed by atoms with E-state index in [1.807, 2.05) is 29.4 Å². The van der Waals surface area contributed by atoms with E-state index in [0.717, 1.165) is 12.1 Å². The second-order valence-corrected chi connectivity index (χ2v) is 7.41. The number of benzene rings is 3. The maximum Gasteiger partial charge on any atom is 0.123 e. The van der Waals surface area contributed by atoms with Gasteiger partial charge in [-0.2, -0.15) is 0 Å². The van der Waals surface area contributed by atoms with Crippen molar-refractivity contribution in [3.8, 4) is 0 Å². The number of nitrogens with one attached hydrogen (secondary N) is 1. The Balaban J connectivity index is 0.00000136. The molecule has 0 heterocycles. The van der Waals surface area contributed by atoms with E-state index in [2.05, 4.69) is 14.4 Å². The van der Waals surface area contributed by atoms with Crippen molar-refractivity contribution in [3.63, 3.8) is 0 Å². The van der Waals surface area contributed by atoms with Crippen LogP contribution in [0.4, 0.5) is 4.39 Å². The van der Waals surface area contributed by atoms with Gasteiger partial charge >= 0.3 is 27.0 Å². The summed E-state index contributed by atoms with van der Waals surface area (Å²) in [6.45, 7) is 0. The van der Waals surface area contributed by atoms with E-state index in [4.69, 9.17) is 5.73 Å². The van der Waals surface area contributed by atoms with Crippen molar-refractivity contribution in [2.45, 2.75) is 17.0 Å². The van der Waals surface area contributed by atoms with Gasteiger partial charge in [0.25, 0.3) is 0 Å². The number of sulfonamides is 1. The molecule has 154 valence electrons. The third kappa shape index (κ3) is 6.98. The average molecular weight is 520 g/mol. The molecular weight excluding hydrogens is 500 g/mol. The molecule has 0 aromatic heterocycles. The Labute approximate surface area is 186 Å². The molecule has 0 unspecified atom stereocenters. The number of hydrogen-bond acceptors (Lipinski definition) is 2. The SMILES string of the molecule is [CH3-].[Cl][Ru+3].[NH-][C@@H](c1ccccc1)[C@@H]([N-]S(=O)(=O)c1ccc(F)cc1)c1ccccc1. The second kappa shape index (κ2) is 12.2. The van der Waals surface area contributed by atoms with Crippen molar-refractivity contribution in [1.29, 1.82) is 0 Å². The Morgan fingerprint density at radius 2 is 1.28 bits per heavy atom. The van der Waals surface area contributed by atoms with Crippen LogP contribution in [0.1, 0.15) is 23.2 Å². The third-order valence-corrected chi connectivity index (χ3v) is 5.35. The predicted octanol–water partition coefficient (Wildman–Crippen LogP) is 6.56. The number of halogens is 2. The Bertz CT molecular complexity index is 959. The van der Waals surface area contributed by atoms with E-state index in [-0.39, 0.29) is 12.3 Å². The van der Waals surface area contributed by atoms with Crippen LogP contribution in [0.5, 0.6) is 0 Å². The molecule has 3 rings (SSSR count). The van der Waals surface area contributed by atoms with Crippen LogP contribution in [-0.4, -0.2) is 8.42 Å². The van der Waals surface area contributed by atoms with Gasteiger partial charge in [-0.05, 0) is 24.3 Å². The summed E-state index contributed by atoms with van der Waals surface area (Å²) in [4.78, 5) is -0.0971. The third-order valence-electron chi connectivity index (χ3n) is 3.98. The second-order valence-electron chi connectivity index (χ2n) is 5.78. The average Bonchev–Trinajstić information content (AvgIpc) is 2.74. The zero-order chi connectivity index (χ0) is 20.6. The first-order chi connectivity index (χ1) is 13.5. The summed E-state index contributed by atoms with van der Waals surface area (Å²) in [6.07, 6.45) is 0. The Hall–Kier alpha value is -1.63. The summed E-state index contributed by atoms with van der Waals surface area (Å²) in [6, 6.07) is 20.6. The van der Waals surface area contributed by atoms with Crippen molar-refractivity contribution < 1.29 is 30.1 Å². The maximum atomic E-state index is 13.1. The van der Waals surface area contributed by atoms with Gasteiger partial charge in [-0.3, -0.25) is 0 Å². The molecule has 0 aliphatic rings. The van der Waals surface area contributed by atoms with Crippen LogP contribution in [0.25, 0.3) is 10.5 Å². The van der Waals surface area contributed by atoms with Crippen molar-refractivity contribution >= 4 is 19.7 Å². The smallest absolute Gasteiger partial charge is 0.123 e. The van der Waals surface area contributed by atoms with E-state index in [9.17, 15) is 12.8 Å². The van der Waals surface area contributed by atoms with Gasteiger partial charge in [-0.1, -0.05) is 71.8 Å². The molecule has 0 aliphatic carbocycles. The van der Waals surface area contributed by atoms with Gasteiger partial charge in [0, 0.05) is 4.90 Å². The van der Waals surface area contributed by atoms with E-state index in [1.54, 1.807) is 48.5 Å². The zero-order valence-electron chi connectivity index (χ0n) is 15.5. The van der Waals surface area contributed by atoms with Crippen molar-refractivity contribution in [3.05, 3.63) is 120 Å². The topological polar surface area (TPSA) is 72.0 Å². The molecule has 0 bridgehead atoms. The molecule has 29 heavy (non-hydrogen) atoms. The minimum Gasteiger partial charge on any atom is -0.672 e. The standard InChI is InChI=1S/C20H17FN2O2S.CH3.ClH.Ru/c21-17-11-13-18(14-12-17)26(24,25)23-20(16-9-5-2-6-10-16)19(22)15-7-3-1-4-8-15;;;/h1-14,19-20,22H;1H3;1H;/q-2;-1;;+4/p-1/t19-,20-;;;/m0.../s1. The molecule has 3 aromatic rings. The summed E-state index contributed by atoms with van der Waals surface area (Å²) in [7, 11) is 0.530. The molecule has 0 fully saturated rings. The predicted molar refractivity (Wildman–Crippen MR) is 112 cm³/mol. The zero-order valence-corrected chi connectivity index (χ0v) is 18.8. The van der Waals surface area contributed by atoms with Crippen LogP contribution < -0.4 is 0 Å². The molecule has 0 saturated carbocycles. The molecule has 8 heteroatoms. The molecule has 3 aromatic carbocycles. The first-order valence-electron chi connectivity index (χ1n) is 8.14. The molecule has 0 spiro atoms. The molecule has 0 aliphatic heterocycles. The fourth-order valence-corrected chi connectivity index (χ4v) is 3.77. The molecule has 0 radical (unpaired) electrons. The van der Waals surface area contributed by atoms with Gasteiger partial charge in [-0.15, -0.1) is 12.1 Å². The van der Waals surface area contributed by atoms with Gasteiger partial charge in [0.2, 0.25) is 0 Å². The maximum absolute atomic E-state index is 13.1. The molecule has 1 N–H and O–H groups in total. The summed E-state index contributed by atoms with van der Waals surface area (Å²) >= 11 is 1.82. The van der Waals surface area contributed by atoms with E-state index in [1.165, 1.54) is 12.1 Å². The quantitative estimate of drug-likeness (QED) is 0.273. The van der Waals surface area contributed by atoms with Gasteiger partial charge in [0.15, 0.2) is 0 Å². The molecule has 4 nitrogen and oxygen atoms in total. The molecular formula is C21H20ClFN2O2RuS. The van der Waals surface area contributed by atoms with Crippen LogP contribution in [0.2, 0.25) is 0 Å². The first kappa shape index (κ1) is 25.4. The summed E-state index contributed by atoms with van der Waals surface area (Å²) in [5.74, 6) is -0.522. The van der Waals surface area contributed by atoms with Gasteiger partial charge in [0.05, 0.1) is 0 Å². The fraction of sp³-hybridized carbons (Fsp3) is 0.0952. The Kier molecular flexibility index (Phi) is 10.7. The van der Waals surface area contributed by atoms with E-state index < -0.39 is 27.9 Å². The van der Waals surface area contributed by atoms with Crippen LogP contribution >= 0.6 is 9.69 Å². The minimum absolute atomic E-state index is 0. The molecule has 2 atom stereocenters. The Morgan fingerprint density at radius 1 is 0.828 bits per heavy atom. The summed E-state index contributed by atoms with van der Waals surface area (Å²) < 4.78 is 42.5. The van der Waals surface area contributed by atoms with Crippen molar-refractivity contribution in [1.82, 2.24) is 0 Å². The van der Waals surface area contributed by atoms with Crippen LogP contribution in [0, 0.1) is 13.2 Å². The fourth-order valence-electron chi connectivity index (χ4n) is 2.62. The van der Waals surface area contributed by atoms with E-state index >= 15 is 0 Å². The van der Waals surface area contributed by atoms with Crippen molar-refractivity contribution in [2.24, 2.45) is 0 Å². The van der Waals surface area contributed by atoms with Crippen molar-refractivity contribution in [2.75, 3.05) is 0 Å². The summed E-state index contributed by atoms with van der Waals surface area (Å²) in [5.41, 5.74) is 9.86. The normalized spacial score (nSPS) is 12.7. The van der Waals surface area contributed by atoms with Crippen LogP contribution in [0.15, 0.2) is 89.8 Å². The Morgan fingerprint density at radius 3 is 1.76 bits per heavy atom. The van der Waals surface area contributed by atoms with Gasteiger partial charge in [0.1, 0.15) is 15.8 Å². The van der Waals surface area contributed by atoms with Crippen LogP contribution in [-0.2, 0) is 27.3 Å². The number of rotatable bonds is 6. The summed E-state index contributed by atoms with van der Waals surface area (Å²) in [5, 5.41) is 0. The molecule has 0 amide bonds. The molecule has 0 saturated heterocycles. The number of nitrogens with zero attached hydrogens (tertiary/aromatic N) is 1. The largest absolute Gasteiger partial charge is 0.672 e. The minimum atomic E-state index is -4.04. The van der Waals surface area contributed by atoms with E-state index in [0.29, 0.717) is 11.1 Å². The first-order valence-corrected chi connectivity index (χ1v) is 11.8. The van der Waals surface area contributed by atoms with Gasteiger partial charge < -0.3 is 17.9 Å². The number of hydrogen-bond donors (Lipinski definition) is 0. The van der Waals surface area contributed by atoms with Gasteiger partial charge in [-0.25, -0.2) is 12.8 Å². The monoisotopic (exact) mass is 520 g/mol. The van der Waals surface area contributed by atoms with Crippen LogP contribution in [0.3, 0.4) is 0 Å².